The molecule has 1 aliphatic rings. The van der Waals surface area contributed by atoms with Gasteiger partial charge >= 0.3 is 0 Å². The zero-order valence-corrected chi connectivity index (χ0v) is 13.5. The van der Waals surface area contributed by atoms with Crippen LogP contribution in [0.15, 0.2) is 42.5 Å². The SMILES string of the molecule is COc1cccc(OC)c1C(=O)NC1CCc2ccccc2C1. The summed E-state index contributed by atoms with van der Waals surface area (Å²) in [6.07, 6.45) is 2.80. The summed E-state index contributed by atoms with van der Waals surface area (Å²) < 4.78 is 10.6. The third-order valence-corrected chi connectivity index (χ3v) is 4.34. The minimum absolute atomic E-state index is 0.131. The van der Waals surface area contributed by atoms with E-state index in [0.717, 1.165) is 19.3 Å². The first-order valence-electron chi connectivity index (χ1n) is 7.81. The molecule has 2 aromatic carbocycles. The van der Waals surface area contributed by atoms with E-state index < -0.39 is 0 Å². The Morgan fingerprint density at radius 2 is 1.65 bits per heavy atom. The minimum Gasteiger partial charge on any atom is -0.496 e. The number of hydrogen-bond acceptors (Lipinski definition) is 3. The van der Waals surface area contributed by atoms with E-state index in [9.17, 15) is 4.79 Å². The standard InChI is InChI=1S/C19H21NO3/c1-22-16-8-5-9-17(23-2)18(16)19(21)20-15-11-10-13-6-3-4-7-14(13)12-15/h3-9,15H,10-12H2,1-2H3,(H,20,21). The van der Waals surface area contributed by atoms with Gasteiger partial charge in [0, 0.05) is 6.04 Å². The van der Waals surface area contributed by atoms with E-state index in [0.29, 0.717) is 17.1 Å². The van der Waals surface area contributed by atoms with Gasteiger partial charge in [-0.2, -0.15) is 0 Å². The molecule has 1 N–H and O–H groups in total. The van der Waals surface area contributed by atoms with Crippen LogP contribution in [0.3, 0.4) is 0 Å². The Morgan fingerprint density at radius 1 is 1.00 bits per heavy atom. The van der Waals surface area contributed by atoms with Gasteiger partial charge in [-0.3, -0.25) is 4.79 Å². The summed E-state index contributed by atoms with van der Waals surface area (Å²) in [5.74, 6) is 0.903. The van der Waals surface area contributed by atoms with E-state index in [1.165, 1.54) is 11.1 Å². The number of rotatable bonds is 4. The summed E-state index contributed by atoms with van der Waals surface area (Å²) in [5.41, 5.74) is 3.15. The molecule has 1 amide bonds. The van der Waals surface area contributed by atoms with Crippen LogP contribution in [0, 0.1) is 0 Å². The Balaban J connectivity index is 1.78. The Hall–Kier alpha value is -2.49. The number of ether oxygens (including phenoxy) is 2. The van der Waals surface area contributed by atoms with Crippen LogP contribution in [0.5, 0.6) is 11.5 Å². The summed E-state index contributed by atoms with van der Waals surface area (Å²) in [5, 5.41) is 3.13. The van der Waals surface area contributed by atoms with Crippen molar-refractivity contribution >= 4 is 5.91 Å². The first-order valence-corrected chi connectivity index (χ1v) is 7.81. The zero-order valence-electron chi connectivity index (χ0n) is 13.5. The third-order valence-electron chi connectivity index (χ3n) is 4.34. The highest BCUT2D eigenvalue weighted by Gasteiger charge is 2.24. The second-order valence-corrected chi connectivity index (χ2v) is 5.72. The fourth-order valence-electron chi connectivity index (χ4n) is 3.15. The van der Waals surface area contributed by atoms with Crippen molar-refractivity contribution < 1.29 is 14.3 Å². The molecule has 0 fully saturated rings. The van der Waals surface area contributed by atoms with Gasteiger partial charge in [-0.05, 0) is 42.5 Å². The number of carbonyl (C=O) groups is 1. The van der Waals surface area contributed by atoms with Crippen LogP contribution < -0.4 is 14.8 Å². The Labute approximate surface area is 136 Å². The highest BCUT2D eigenvalue weighted by Crippen LogP contribution is 2.29. The number of fused-ring (bicyclic) bond motifs is 1. The summed E-state index contributed by atoms with van der Waals surface area (Å²) >= 11 is 0. The molecule has 1 atom stereocenters. The predicted molar refractivity (Wildman–Crippen MR) is 89.3 cm³/mol. The molecule has 0 radical (unpaired) electrons. The van der Waals surface area contributed by atoms with Crippen LogP contribution in [-0.4, -0.2) is 26.2 Å². The van der Waals surface area contributed by atoms with E-state index >= 15 is 0 Å². The lowest BCUT2D eigenvalue weighted by Crippen LogP contribution is -2.39. The van der Waals surface area contributed by atoms with Gasteiger partial charge in [0.1, 0.15) is 17.1 Å². The van der Waals surface area contributed by atoms with Gasteiger partial charge in [-0.25, -0.2) is 0 Å². The first-order chi connectivity index (χ1) is 11.2. The molecule has 0 spiro atoms. The molecule has 23 heavy (non-hydrogen) atoms. The topological polar surface area (TPSA) is 47.6 Å². The zero-order chi connectivity index (χ0) is 16.2. The van der Waals surface area contributed by atoms with Crippen molar-refractivity contribution in [1.82, 2.24) is 5.32 Å². The average molecular weight is 311 g/mol. The van der Waals surface area contributed by atoms with Gasteiger partial charge in [0.05, 0.1) is 14.2 Å². The molecule has 1 aliphatic carbocycles. The number of hydrogen-bond donors (Lipinski definition) is 1. The van der Waals surface area contributed by atoms with Gasteiger partial charge in [0.25, 0.3) is 5.91 Å². The summed E-state index contributed by atoms with van der Waals surface area (Å²) in [6.45, 7) is 0. The van der Waals surface area contributed by atoms with Crippen molar-refractivity contribution in [2.45, 2.75) is 25.3 Å². The number of amides is 1. The molecule has 0 saturated heterocycles. The number of methoxy groups -OCH3 is 2. The number of aryl methyl sites for hydroxylation is 1. The van der Waals surface area contributed by atoms with E-state index in [-0.39, 0.29) is 11.9 Å². The lowest BCUT2D eigenvalue weighted by atomic mass is 9.88. The van der Waals surface area contributed by atoms with E-state index in [1.54, 1.807) is 26.4 Å². The molecular formula is C19H21NO3. The van der Waals surface area contributed by atoms with E-state index in [1.807, 2.05) is 12.1 Å². The Kier molecular flexibility index (Phi) is 4.51. The monoisotopic (exact) mass is 311 g/mol. The van der Waals surface area contributed by atoms with Gasteiger partial charge in [-0.1, -0.05) is 30.3 Å². The maximum Gasteiger partial charge on any atom is 0.259 e. The lowest BCUT2D eigenvalue weighted by Gasteiger charge is -2.26. The normalized spacial score (nSPS) is 16.3. The minimum atomic E-state index is -0.149. The average Bonchev–Trinajstić information content (AvgIpc) is 2.60. The molecule has 2 aromatic rings. The van der Waals surface area contributed by atoms with Crippen LogP contribution in [0.4, 0.5) is 0 Å². The second kappa shape index (κ2) is 6.73. The van der Waals surface area contributed by atoms with Crippen molar-refractivity contribution in [2.24, 2.45) is 0 Å². The van der Waals surface area contributed by atoms with Gasteiger partial charge in [0.15, 0.2) is 0 Å². The van der Waals surface area contributed by atoms with E-state index in [2.05, 4.69) is 23.5 Å². The number of nitrogens with one attached hydrogen (secondary N) is 1. The number of benzene rings is 2. The van der Waals surface area contributed by atoms with Crippen LogP contribution in [0.2, 0.25) is 0 Å². The van der Waals surface area contributed by atoms with Gasteiger partial charge < -0.3 is 14.8 Å². The van der Waals surface area contributed by atoms with Gasteiger partial charge in [0.2, 0.25) is 0 Å². The Bertz CT molecular complexity index is 689. The maximum atomic E-state index is 12.7. The largest absolute Gasteiger partial charge is 0.496 e. The van der Waals surface area contributed by atoms with Gasteiger partial charge in [-0.15, -0.1) is 0 Å². The molecule has 0 saturated carbocycles. The second-order valence-electron chi connectivity index (χ2n) is 5.72. The molecule has 0 aliphatic heterocycles. The van der Waals surface area contributed by atoms with Crippen LogP contribution in [-0.2, 0) is 12.8 Å². The molecule has 4 nitrogen and oxygen atoms in total. The smallest absolute Gasteiger partial charge is 0.259 e. The molecule has 120 valence electrons. The van der Waals surface area contributed by atoms with Crippen molar-refractivity contribution in [1.29, 1.82) is 0 Å². The summed E-state index contributed by atoms with van der Waals surface area (Å²) in [7, 11) is 3.12. The molecule has 0 heterocycles. The van der Waals surface area contributed by atoms with Crippen LogP contribution in [0.25, 0.3) is 0 Å². The lowest BCUT2D eigenvalue weighted by molar-refractivity contribution is 0.0927. The molecule has 3 rings (SSSR count). The van der Waals surface area contributed by atoms with Crippen LogP contribution in [0.1, 0.15) is 27.9 Å². The summed E-state index contributed by atoms with van der Waals surface area (Å²) in [4.78, 5) is 12.7. The van der Waals surface area contributed by atoms with E-state index in [4.69, 9.17) is 9.47 Å². The quantitative estimate of drug-likeness (QED) is 0.944. The molecular weight excluding hydrogens is 290 g/mol. The first kappa shape index (κ1) is 15.4. The predicted octanol–water partition coefficient (Wildman–Crippen LogP) is 2.99. The highest BCUT2D eigenvalue weighted by atomic mass is 16.5. The molecule has 1 unspecified atom stereocenters. The molecule has 0 aromatic heterocycles. The van der Waals surface area contributed by atoms with Crippen molar-refractivity contribution in [3.63, 3.8) is 0 Å². The number of carbonyl (C=O) groups excluding carboxylic acids is 1. The highest BCUT2D eigenvalue weighted by molar-refractivity contribution is 5.99. The van der Waals surface area contributed by atoms with Crippen molar-refractivity contribution in [3.8, 4) is 11.5 Å². The molecule has 4 heteroatoms. The van der Waals surface area contributed by atoms with Crippen LogP contribution >= 0.6 is 0 Å². The Morgan fingerprint density at radius 3 is 2.30 bits per heavy atom. The maximum absolute atomic E-state index is 12.7. The van der Waals surface area contributed by atoms with Crippen molar-refractivity contribution in [2.75, 3.05) is 14.2 Å². The fraction of sp³-hybridized carbons (Fsp3) is 0.316. The molecule has 0 bridgehead atoms. The fourth-order valence-corrected chi connectivity index (χ4v) is 3.15. The summed E-state index contributed by atoms with van der Waals surface area (Å²) in [6, 6.07) is 13.9. The van der Waals surface area contributed by atoms with Crippen molar-refractivity contribution in [3.05, 3.63) is 59.2 Å². The third kappa shape index (κ3) is 3.16.